The molecule has 1 atom stereocenters. The molecule has 0 unspecified atom stereocenters. The lowest BCUT2D eigenvalue weighted by molar-refractivity contribution is -0.127. The van der Waals surface area contributed by atoms with Crippen molar-refractivity contribution in [1.82, 2.24) is 20.0 Å². The van der Waals surface area contributed by atoms with Gasteiger partial charge in [-0.05, 0) is 48.6 Å². The fourth-order valence-electron chi connectivity index (χ4n) is 4.36. The van der Waals surface area contributed by atoms with Gasteiger partial charge in [-0.3, -0.25) is 4.79 Å². The van der Waals surface area contributed by atoms with Gasteiger partial charge in [0.25, 0.3) is 0 Å². The molecule has 2 aromatic heterocycles. The number of piperidine rings is 1. The van der Waals surface area contributed by atoms with E-state index in [0.29, 0.717) is 48.7 Å². The number of likely N-dealkylation sites (tertiary alicyclic amines) is 1. The van der Waals surface area contributed by atoms with Crippen molar-refractivity contribution in [1.29, 1.82) is 0 Å². The van der Waals surface area contributed by atoms with Crippen molar-refractivity contribution in [2.45, 2.75) is 25.5 Å². The van der Waals surface area contributed by atoms with E-state index in [1.54, 1.807) is 16.2 Å². The molecular formula is C24H25ClN6O2S. The minimum absolute atomic E-state index is 0.00123. The van der Waals surface area contributed by atoms with Gasteiger partial charge in [-0.25, -0.2) is 9.67 Å². The average Bonchev–Trinajstić information content (AvgIpc) is 3.51. The number of hydrogen-bond donors (Lipinski definition) is 2. The standard InChI is InChI=1S/C24H25ClN6O2S/c1-2-20(32)30-9-3-5-16(12-30)31-24-21(23(26)27-14-28-24)22(29-31)15-7-8-19(18(25)11-15)33-13-17-6-4-10-34-17/h2,4,6-8,10-11,16,27H,1,3,5,9,12-14,26H2/t16-/m1/s1. The summed E-state index contributed by atoms with van der Waals surface area (Å²) in [6.07, 6.45) is 3.14. The number of amides is 1. The second-order valence-corrected chi connectivity index (χ2v) is 9.64. The van der Waals surface area contributed by atoms with Gasteiger partial charge in [0.15, 0.2) is 5.49 Å². The van der Waals surface area contributed by atoms with E-state index in [9.17, 15) is 4.79 Å². The summed E-state index contributed by atoms with van der Waals surface area (Å²) < 4.78 is 7.81. The summed E-state index contributed by atoms with van der Waals surface area (Å²) in [7, 11) is 0. The van der Waals surface area contributed by atoms with Crippen LogP contribution in [0.3, 0.4) is 0 Å². The molecule has 0 aliphatic carbocycles. The van der Waals surface area contributed by atoms with Crippen molar-refractivity contribution in [3.8, 4) is 17.0 Å². The van der Waals surface area contributed by atoms with E-state index in [4.69, 9.17) is 27.2 Å². The first-order valence-corrected chi connectivity index (χ1v) is 12.3. The van der Waals surface area contributed by atoms with Crippen LogP contribution < -0.4 is 26.5 Å². The van der Waals surface area contributed by atoms with Crippen molar-refractivity contribution in [3.63, 3.8) is 0 Å². The molecule has 0 radical (unpaired) electrons. The van der Waals surface area contributed by atoms with Crippen molar-refractivity contribution in [3.05, 3.63) is 69.0 Å². The first kappa shape index (κ1) is 22.5. The molecular weight excluding hydrogens is 472 g/mol. The molecule has 4 heterocycles. The molecule has 10 heteroatoms. The first-order valence-electron chi connectivity index (χ1n) is 11.1. The Morgan fingerprint density at radius 2 is 2.29 bits per heavy atom. The highest BCUT2D eigenvalue weighted by molar-refractivity contribution is 7.09. The van der Waals surface area contributed by atoms with Gasteiger partial charge in [0.05, 0.1) is 16.3 Å². The van der Waals surface area contributed by atoms with Crippen LogP contribution in [0.25, 0.3) is 17.1 Å². The number of nitrogens with two attached hydrogens (primary N) is 1. The van der Waals surface area contributed by atoms with Crippen LogP contribution in [-0.4, -0.2) is 40.3 Å². The van der Waals surface area contributed by atoms with Crippen molar-refractivity contribution in [2.24, 2.45) is 10.7 Å². The van der Waals surface area contributed by atoms with Gasteiger partial charge in [0, 0.05) is 23.5 Å². The highest BCUT2D eigenvalue weighted by Crippen LogP contribution is 2.30. The van der Waals surface area contributed by atoms with Crippen LogP contribution in [0.5, 0.6) is 5.75 Å². The summed E-state index contributed by atoms with van der Waals surface area (Å²) in [6.45, 7) is 5.73. The number of nitrogens with one attached hydrogen (secondary N) is 1. The normalized spacial score (nSPS) is 17.5. The van der Waals surface area contributed by atoms with E-state index in [0.717, 1.165) is 34.0 Å². The maximum Gasteiger partial charge on any atom is 0.246 e. The molecule has 3 N–H and O–H groups in total. The number of halogens is 1. The molecule has 176 valence electrons. The van der Waals surface area contributed by atoms with Gasteiger partial charge in [-0.1, -0.05) is 24.2 Å². The van der Waals surface area contributed by atoms with Crippen molar-refractivity contribution < 1.29 is 9.53 Å². The zero-order chi connectivity index (χ0) is 23.7. The molecule has 34 heavy (non-hydrogen) atoms. The van der Waals surface area contributed by atoms with E-state index >= 15 is 0 Å². The highest BCUT2D eigenvalue weighted by atomic mass is 35.5. The lowest BCUT2D eigenvalue weighted by Gasteiger charge is -2.32. The molecule has 1 amide bonds. The third kappa shape index (κ3) is 4.28. The van der Waals surface area contributed by atoms with E-state index in [-0.39, 0.29) is 11.9 Å². The Morgan fingerprint density at radius 3 is 3.06 bits per heavy atom. The molecule has 0 spiro atoms. The summed E-state index contributed by atoms with van der Waals surface area (Å²) >= 11 is 8.22. The number of carbonyl (C=O) groups excluding carboxylic acids is 1. The van der Waals surface area contributed by atoms with Gasteiger partial charge in [0.2, 0.25) is 5.91 Å². The number of aromatic nitrogens is 2. The lowest BCUT2D eigenvalue weighted by atomic mass is 10.1. The molecule has 1 fully saturated rings. The Labute approximate surface area is 206 Å². The Hall–Kier alpha value is -3.30. The molecule has 5 rings (SSSR count). The molecule has 2 aliphatic heterocycles. The number of carbonyl (C=O) groups is 1. The predicted octanol–water partition coefficient (Wildman–Crippen LogP) is 2.40. The average molecular weight is 497 g/mol. The largest absolute Gasteiger partial charge is 0.487 e. The smallest absolute Gasteiger partial charge is 0.246 e. The Morgan fingerprint density at radius 1 is 1.41 bits per heavy atom. The third-order valence-electron chi connectivity index (χ3n) is 6.04. The summed E-state index contributed by atoms with van der Waals surface area (Å²) in [5.41, 5.74) is 8.59. The van der Waals surface area contributed by atoms with Gasteiger partial charge >= 0.3 is 0 Å². The Bertz CT molecular complexity index is 1350. The molecule has 1 aromatic carbocycles. The Balaban J connectivity index is 1.50. The van der Waals surface area contributed by atoms with Crippen LogP contribution in [-0.2, 0) is 11.4 Å². The van der Waals surface area contributed by atoms with E-state index in [2.05, 4.69) is 16.9 Å². The predicted molar refractivity (Wildman–Crippen MR) is 133 cm³/mol. The lowest BCUT2D eigenvalue weighted by Crippen LogP contribution is -2.47. The highest BCUT2D eigenvalue weighted by Gasteiger charge is 2.27. The topological polar surface area (TPSA) is 97.8 Å². The molecule has 1 saturated heterocycles. The molecule has 0 bridgehead atoms. The van der Waals surface area contributed by atoms with Crippen LogP contribution >= 0.6 is 22.9 Å². The molecule has 0 saturated carbocycles. The van der Waals surface area contributed by atoms with E-state index in [1.165, 1.54) is 6.08 Å². The van der Waals surface area contributed by atoms with Crippen LogP contribution in [0.1, 0.15) is 23.8 Å². The SMILES string of the molecule is C=CC(=O)N1CCC[C@@H](n2nc(-c3ccc(OCc4cccs4)c(Cl)c3)c3c2=NCNC=3N)C1. The molecule has 2 aliphatic rings. The summed E-state index contributed by atoms with van der Waals surface area (Å²) in [5, 5.41) is 11.3. The number of benzene rings is 1. The van der Waals surface area contributed by atoms with Crippen LogP contribution in [0, 0.1) is 0 Å². The number of rotatable bonds is 6. The number of nitrogens with zero attached hydrogens (tertiary/aromatic N) is 4. The summed E-state index contributed by atoms with van der Waals surface area (Å²) in [5.74, 6) is 1.06. The van der Waals surface area contributed by atoms with Crippen molar-refractivity contribution >= 4 is 34.7 Å². The Kier molecular flexibility index (Phi) is 6.30. The quantitative estimate of drug-likeness (QED) is 0.511. The summed E-state index contributed by atoms with van der Waals surface area (Å²) in [6, 6.07) is 9.64. The fraction of sp³-hybridized carbons (Fsp3) is 0.292. The van der Waals surface area contributed by atoms with Gasteiger partial charge < -0.3 is 20.7 Å². The number of ether oxygens (including phenoxy) is 1. The third-order valence-corrected chi connectivity index (χ3v) is 7.18. The zero-order valence-electron chi connectivity index (χ0n) is 18.5. The minimum atomic E-state index is -0.0689. The molecule has 8 nitrogen and oxygen atoms in total. The fourth-order valence-corrected chi connectivity index (χ4v) is 5.21. The maximum absolute atomic E-state index is 12.2. The van der Waals surface area contributed by atoms with Crippen LogP contribution in [0.15, 0.2) is 53.4 Å². The second kappa shape index (κ2) is 9.52. The summed E-state index contributed by atoms with van der Waals surface area (Å²) in [4.78, 5) is 19.8. The monoisotopic (exact) mass is 496 g/mol. The number of thiophene rings is 1. The van der Waals surface area contributed by atoms with Crippen LogP contribution in [0.2, 0.25) is 5.02 Å². The van der Waals surface area contributed by atoms with Crippen molar-refractivity contribution in [2.75, 3.05) is 19.8 Å². The zero-order valence-corrected chi connectivity index (χ0v) is 20.1. The van der Waals surface area contributed by atoms with Gasteiger partial charge in [-0.15, -0.1) is 11.3 Å². The minimum Gasteiger partial charge on any atom is -0.487 e. The van der Waals surface area contributed by atoms with Crippen LogP contribution in [0.4, 0.5) is 0 Å². The number of hydrogen-bond acceptors (Lipinski definition) is 7. The van der Waals surface area contributed by atoms with Gasteiger partial charge in [0.1, 0.15) is 30.5 Å². The van der Waals surface area contributed by atoms with Gasteiger partial charge in [-0.2, -0.15) is 5.10 Å². The first-order chi connectivity index (χ1) is 16.5. The van der Waals surface area contributed by atoms with E-state index in [1.807, 2.05) is 40.4 Å². The van der Waals surface area contributed by atoms with E-state index < -0.39 is 0 Å². The second-order valence-electron chi connectivity index (χ2n) is 8.20. The molecule has 3 aromatic rings. The maximum atomic E-state index is 12.2. The number of fused-ring (bicyclic) bond motifs is 1.